The molecule has 0 atom stereocenters. The summed E-state index contributed by atoms with van der Waals surface area (Å²) >= 11 is 0. The first-order valence-electron chi connectivity index (χ1n) is 7.16. The molecule has 0 aromatic heterocycles. The Kier molecular flexibility index (Phi) is 5.36. The number of carbonyl (C=O) groups is 2. The van der Waals surface area contributed by atoms with Crippen molar-refractivity contribution in [1.82, 2.24) is 4.90 Å². The number of cyclic esters (lactones) is 1. The summed E-state index contributed by atoms with van der Waals surface area (Å²) in [5.41, 5.74) is 2.65. The van der Waals surface area contributed by atoms with Crippen LogP contribution in [0.25, 0.3) is 5.57 Å². The number of benzene rings is 1. The molecule has 0 aliphatic carbocycles. The van der Waals surface area contributed by atoms with E-state index in [-0.39, 0.29) is 0 Å². The maximum Gasteiger partial charge on any atom is 0.414 e. The van der Waals surface area contributed by atoms with Crippen LogP contribution in [0.15, 0.2) is 48.2 Å². The lowest BCUT2D eigenvalue weighted by atomic mass is 10.00. The van der Waals surface area contributed by atoms with Gasteiger partial charge in [0.1, 0.15) is 6.61 Å². The largest absolute Gasteiger partial charge is 0.466 e. The number of hydrogen-bond donors (Lipinski definition) is 0. The summed E-state index contributed by atoms with van der Waals surface area (Å²) < 4.78 is 9.64. The molecule has 0 spiro atoms. The van der Waals surface area contributed by atoms with E-state index in [0.717, 1.165) is 11.1 Å². The van der Waals surface area contributed by atoms with Crippen molar-refractivity contribution in [2.75, 3.05) is 20.3 Å². The van der Waals surface area contributed by atoms with E-state index in [0.29, 0.717) is 25.3 Å². The van der Waals surface area contributed by atoms with Crippen molar-refractivity contribution in [3.05, 3.63) is 53.7 Å². The Labute approximate surface area is 129 Å². The fourth-order valence-corrected chi connectivity index (χ4v) is 2.35. The van der Waals surface area contributed by atoms with E-state index in [9.17, 15) is 9.59 Å². The van der Waals surface area contributed by atoms with E-state index in [1.54, 1.807) is 11.0 Å². The molecule has 0 bridgehead atoms. The number of carbonyl (C=O) groups excluding carboxylic acids is 2. The molecule has 5 heteroatoms. The molecular formula is C17H19NO4. The molecule has 1 aliphatic rings. The summed E-state index contributed by atoms with van der Waals surface area (Å²) in [7, 11) is 1.32. The van der Waals surface area contributed by atoms with Crippen LogP contribution in [0.5, 0.6) is 0 Å². The SMILES string of the molecule is CC/C(=C(\C=C\C(=O)OC)N1CCOC1=O)c1ccccc1. The summed E-state index contributed by atoms with van der Waals surface area (Å²) in [6.45, 7) is 2.83. The fraction of sp³-hybridized carbons (Fsp3) is 0.294. The lowest BCUT2D eigenvalue weighted by Gasteiger charge is -2.19. The van der Waals surface area contributed by atoms with Crippen LogP contribution in [0, 0.1) is 0 Å². The van der Waals surface area contributed by atoms with Gasteiger partial charge in [-0.05, 0) is 23.6 Å². The van der Waals surface area contributed by atoms with Gasteiger partial charge in [-0.15, -0.1) is 0 Å². The number of esters is 1. The van der Waals surface area contributed by atoms with Gasteiger partial charge in [0, 0.05) is 6.08 Å². The molecule has 1 aliphatic heterocycles. The Hall–Kier alpha value is -2.56. The molecule has 1 heterocycles. The second kappa shape index (κ2) is 7.45. The van der Waals surface area contributed by atoms with Gasteiger partial charge >= 0.3 is 12.1 Å². The van der Waals surface area contributed by atoms with Gasteiger partial charge in [0.25, 0.3) is 0 Å². The molecule has 1 saturated heterocycles. The van der Waals surface area contributed by atoms with E-state index in [4.69, 9.17) is 4.74 Å². The van der Waals surface area contributed by atoms with Gasteiger partial charge in [0.15, 0.2) is 0 Å². The van der Waals surface area contributed by atoms with Gasteiger partial charge in [0.05, 0.1) is 19.4 Å². The van der Waals surface area contributed by atoms with Crippen molar-refractivity contribution in [2.24, 2.45) is 0 Å². The molecule has 2 rings (SSSR count). The number of methoxy groups -OCH3 is 1. The van der Waals surface area contributed by atoms with Crippen LogP contribution < -0.4 is 0 Å². The van der Waals surface area contributed by atoms with Crippen molar-refractivity contribution < 1.29 is 19.1 Å². The summed E-state index contributed by atoms with van der Waals surface area (Å²) in [5.74, 6) is -0.464. The molecule has 0 radical (unpaired) electrons. The van der Waals surface area contributed by atoms with Crippen LogP contribution in [0.4, 0.5) is 4.79 Å². The van der Waals surface area contributed by atoms with Gasteiger partial charge in [0.2, 0.25) is 0 Å². The molecule has 1 aromatic carbocycles. The minimum atomic E-state index is -0.464. The van der Waals surface area contributed by atoms with Crippen molar-refractivity contribution in [1.29, 1.82) is 0 Å². The lowest BCUT2D eigenvalue weighted by Crippen LogP contribution is -2.24. The van der Waals surface area contributed by atoms with Gasteiger partial charge < -0.3 is 9.47 Å². The zero-order valence-electron chi connectivity index (χ0n) is 12.7. The van der Waals surface area contributed by atoms with E-state index >= 15 is 0 Å². The molecule has 0 N–H and O–H groups in total. The number of ether oxygens (including phenoxy) is 2. The topological polar surface area (TPSA) is 55.8 Å². The second-order valence-corrected chi connectivity index (χ2v) is 4.71. The normalized spacial score (nSPS) is 15.7. The average molecular weight is 301 g/mol. The molecule has 1 fully saturated rings. The third-order valence-corrected chi connectivity index (χ3v) is 3.42. The van der Waals surface area contributed by atoms with Gasteiger partial charge in [-0.2, -0.15) is 0 Å². The van der Waals surface area contributed by atoms with Crippen molar-refractivity contribution in [2.45, 2.75) is 13.3 Å². The number of amides is 1. The molecule has 1 amide bonds. The first-order valence-corrected chi connectivity index (χ1v) is 7.16. The van der Waals surface area contributed by atoms with E-state index in [2.05, 4.69) is 4.74 Å². The number of hydrogen-bond acceptors (Lipinski definition) is 4. The average Bonchev–Trinajstić information content (AvgIpc) is 2.97. The fourth-order valence-electron chi connectivity index (χ4n) is 2.35. The summed E-state index contributed by atoms with van der Waals surface area (Å²) in [6.07, 6.45) is 3.25. The highest BCUT2D eigenvalue weighted by Crippen LogP contribution is 2.27. The van der Waals surface area contributed by atoms with Gasteiger partial charge in [-0.25, -0.2) is 9.59 Å². The summed E-state index contributed by atoms with van der Waals surface area (Å²) in [4.78, 5) is 24.8. The quantitative estimate of drug-likeness (QED) is 0.476. The molecule has 5 nitrogen and oxygen atoms in total. The monoisotopic (exact) mass is 301 g/mol. The van der Waals surface area contributed by atoms with Crippen LogP contribution in [-0.2, 0) is 14.3 Å². The Morgan fingerprint density at radius 1 is 1.32 bits per heavy atom. The predicted molar refractivity (Wildman–Crippen MR) is 82.9 cm³/mol. The minimum Gasteiger partial charge on any atom is -0.466 e. The third kappa shape index (κ3) is 3.55. The summed E-state index contributed by atoms with van der Waals surface area (Å²) in [6, 6.07) is 9.77. The molecular weight excluding hydrogens is 282 g/mol. The Morgan fingerprint density at radius 3 is 2.59 bits per heavy atom. The van der Waals surface area contributed by atoms with Crippen LogP contribution in [-0.4, -0.2) is 37.2 Å². The number of nitrogens with zero attached hydrogens (tertiary/aromatic N) is 1. The van der Waals surface area contributed by atoms with E-state index in [1.165, 1.54) is 13.2 Å². The highest BCUT2D eigenvalue weighted by atomic mass is 16.6. The second-order valence-electron chi connectivity index (χ2n) is 4.71. The number of allylic oxidation sites excluding steroid dienone is 2. The first kappa shape index (κ1) is 15.8. The zero-order chi connectivity index (χ0) is 15.9. The third-order valence-electron chi connectivity index (χ3n) is 3.42. The maximum atomic E-state index is 11.9. The molecule has 22 heavy (non-hydrogen) atoms. The molecule has 0 unspecified atom stereocenters. The lowest BCUT2D eigenvalue weighted by molar-refractivity contribution is -0.134. The van der Waals surface area contributed by atoms with Crippen LogP contribution in [0.3, 0.4) is 0 Å². The maximum absolute atomic E-state index is 11.9. The predicted octanol–water partition coefficient (Wildman–Crippen LogP) is 2.99. The highest BCUT2D eigenvalue weighted by Gasteiger charge is 2.26. The van der Waals surface area contributed by atoms with E-state index in [1.807, 2.05) is 37.3 Å². The minimum absolute atomic E-state index is 0.347. The van der Waals surface area contributed by atoms with E-state index < -0.39 is 12.1 Å². The van der Waals surface area contributed by atoms with Crippen molar-refractivity contribution >= 4 is 17.6 Å². The van der Waals surface area contributed by atoms with Crippen molar-refractivity contribution in [3.8, 4) is 0 Å². The molecule has 0 saturated carbocycles. The van der Waals surface area contributed by atoms with Gasteiger partial charge in [-0.3, -0.25) is 4.90 Å². The molecule has 116 valence electrons. The Balaban J connectivity index is 2.49. The zero-order valence-corrected chi connectivity index (χ0v) is 12.7. The summed E-state index contributed by atoms with van der Waals surface area (Å²) in [5, 5.41) is 0. The smallest absolute Gasteiger partial charge is 0.414 e. The van der Waals surface area contributed by atoms with Crippen LogP contribution in [0.2, 0.25) is 0 Å². The molecule has 1 aromatic rings. The highest BCUT2D eigenvalue weighted by molar-refractivity contribution is 5.85. The van der Waals surface area contributed by atoms with Crippen LogP contribution in [0.1, 0.15) is 18.9 Å². The Morgan fingerprint density at radius 2 is 2.05 bits per heavy atom. The Bertz CT molecular complexity index is 604. The van der Waals surface area contributed by atoms with Crippen molar-refractivity contribution in [3.63, 3.8) is 0 Å². The van der Waals surface area contributed by atoms with Gasteiger partial charge in [-0.1, -0.05) is 37.3 Å². The van der Waals surface area contributed by atoms with Crippen LogP contribution >= 0.6 is 0 Å². The number of rotatable bonds is 5. The first-order chi connectivity index (χ1) is 10.7. The standard InChI is InChI=1S/C17H19NO4/c1-3-14(13-7-5-4-6-8-13)15(9-10-16(19)21-2)18-11-12-22-17(18)20/h4-10H,3,11-12H2,1-2H3/b10-9+,15-14-.